The van der Waals surface area contributed by atoms with Crippen molar-refractivity contribution in [2.24, 2.45) is 0 Å². The van der Waals surface area contributed by atoms with Gasteiger partial charge in [-0.3, -0.25) is 4.57 Å². The third-order valence-corrected chi connectivity index (χ3v) is 10.4. The Morgan fingerprint density at radius 2 is 1.38 bits per heavy atom. The van der Waals surface area contributed by atoms with Gasteiger partial charge in [-0.2, -0.15) is 0 Å². The molecule has 0 N–H and O–H groups in total. The molecule has 238 valence electrons. The van der Waals surface area contributed by atoms with Gasteiger partial charge in [0, 0.05) is 43.5 Å². The van der Waals surface area contributed by atoms with Gasteiger partial charge in [0.25, 0.3) is 0 Å². The summed E-state index contributed by atoms with van der Waals surface area (Å²) in [6, 6.07) is 42.4. The van der Waals surface area contributed by atoms with E-state index in [1.165, 1.54) is 37.9 Å². The predicted octanol–water partition coefficient (Wildman–Crippen LogP) is 11.8. The predicted molar refractivity (Wildman–Crippen MR) is 205 cm³/mol. The Hall–Kier alpha value is -5.00. The second-order valence-corrected chi connectivity index (χ2v) is 14.3. The molecule has 5 heteroatoms. The number of anilines is 3. The quantitative estimate of drug-likeness (QED) is 0.172. The molecule has 1 aliphatic rings. The molecule has 0 radical (unpaired) electrons. The molecule has 4 nitrogen and oxygen atoms in total. The van der Waals surface area contributed by atoms with Crippen LogP contribution in [0.3, 0.4) is 0 Å². The lowest BCUT2D eigenvalue weighted by Crippen LogP contribution is -2.23. The molecule has 0 saturated heterocycles. The second-order valence-electron chi connectivity index (χ2n) is 13.1. The van der Waals surface area contributed by atoms with E-state index >= 15 is 0 Å². The fourth-order valence-corrected chi connectivity index (χ4v) is 8.03. The van der Waals surface area contributed by atoms with Gasteiger partial charge in [-0.1, -0.05) is 100 Å². The lowest BCUT2D eigenvalue weighted by molar-refractivity contribution is 0.838. The van der Waals surface area contributed by atoms with Crippen LogP contribution in [0.25, 0.3) is 38.8 Å². The first kappa shape index (κ1) is 27.0. The van der Waals surface area contributed by atoms with E-state index in [0.29, 0.717) is 11.8 Å². The van der Waals surface area contributed by atoms with Gasteiger partial charge in [0.15, 0.2) is 0 Å². The number of para-hydroxylation sites is 3. The molecule has 7 aromatic rings. The number of rotatable bonds is 7. The summed E-state index contributed by atoms with van der Waals surface area (Å²) < 4.78 is 26.7. The van der Waals surface area contributed by atoms with Crippen LogP contribution in [0.1, 0.15) is 54.8 Å². The summed E-state index contributed by atoms with van der Waals surface area (Å²) in [6.45, 7) is 7.10. The minimum atomic E-state index is -2.23. The summed E-state index contributed by atoms with van der Waals surface area (Å²) in [5.74, 6) is 1.67. The summed E-state index contributed by atoms with van der Waals surface area (Å²) in [6.07, 6.45) is 1.94. The highest BCUT2D eigenvalue weighted by Gasteiger charge is 2.24. The summed E-state index contributed by atoms with van der Waals surface area (Å²) in [5, 5.41) is 2.37. The normalized spacial score (nSPS) is 14.2. The van der Waals surface area contributed by atoms with E-state index in [2.05, 4.69) is 122 Å². The van der Waals surface area contributed by atoms with Crippen molar-refractivity contribution < 1.29 is 4.11 Å². The van der Waals surface area contributed by atoms with Gasteiger partial charge in [0.1, 0.15) is 5.82 Å². The van der Waals surface area contributed by atoms with Crippen LogP contribution in [0, 0.1) is 0 Å². The van der Waals surface area contributed by atoms with Crippen molar-refractivity contribution in [3.63, 3.8) is 0 Å². The van der Waals surface area contributed by atoms with E-state index in [9.17, 15) is 0 Å². The fraction of sp³-hybridized carbons (Fsp3) is 0.186. The van der Waals surface area contributed by atoms with E-state index in [4.69, 9.17) is 9.10 Å². The largest absolute Gasteiger partial charge is 0.355 e. The molecule has 3 heterocycles. The Labute approximate surface area is 291 Å². The van der Waals surface area contributed by atoms with E-state index in [0.717, 1.165) is 43.7 Å². The first-order valence-electron chi connectivity index (χ1n) is 18.1. The molecule has 0 fully saturated rings. The SMILES string of the molecule is [2H]C([2H])([2H])N1CN(c2cccc(Sc3ccc4c5ccccc5n(-c5cc(-c6c(C(C)C)cccc6C(C)C)ccn5)c4c3)c2)c2ccccc21. The van der Waals surface area contributed by atoms with E-state index in [-0.39, 0.29) is 6.67 Å². The molecule has 8 rings (SSSR count). The maximum absolute atomic E-state index is 8.12. The first-order chi connectivity index (χ1) is 24.6. The summed E-state index contributed by atoms with van der Waals surface area (Å²) in [5.41, 5.74) is 9.99. The number of aromatic nitrogens is 2. The lowest BCUT2D eigenvalue weighted by Gasteiger charge is -2.20. The van der Waals surface area contributed by atoms with Crippen LogP contribution in [0.4, 0.5) is 17.1 Å². The molecule has 0 saturated carbocycles. The molecular weight excluding hydrogens is 605 g/mol. The minimum Gasteiger partial charge on any atom is -0.355 e. The van der Waals surface area contributed by atoms with Crippen molar-refractivity contribution >= 4 is 50.6 Å². The Kier molecular flexibility index (Phi) is 6.88. The molecular formula is C43H40N4S. The second kappa shape index (κ2) is 12.2. The summed E-state index contributed by atoms with van der Waals surface area (Å²) in [7, 11) is 0. The van der Waals surface area contributed by atoms with Gasteiger partial charge in [0.2, 0.25) is 0 Å². The molecule has 0 unspecified atom stereocenters. The Morgan fingerprint density at radius 1 is 0.667 bits per heavy atom. The molecule has 0 spiro atoms. The van der Waals surface area contributed by atoms with Crippen LogP contribution < -0.4 is 9.80 Å². The zero-order valence-corrected chi connectivity index (χ0v) is 28.5. The Morgan fingerprint density at radius 3 is 2.17 bits per heavy atom. The zero-order chi connectivity index (χ0) is 35.4. The Bertz CT molecular complexity index is 2390. The fourth-order valence-electron chi connectivity index (χ4n) is 7.13. The highest BCUT2D eigenvalue weighted by molar-refractivity contribution is 7.99. The van der Waals surface area contributed by atoms with Gasteiger partial charge >= 0.3 is 0 Å². The monoisotopic (exact) mass is 647 g/mol. The number of hydrogen-bond acceptors (Lipinski definition) is 4. The maximum atomic E-state index is 8.12. The van der Waals surface area contributed by atoms with E-state index in [1.807, 2.05) is 42.6 Å². The molecule has 1 aliphatic heterocycles. The van der Waals surface area contributed by atoms with Crippen LogP contribution in [-0.2, 0) is 0 Å². The Balaban J connectivity index is 1.20. The molecule has 2 aromatic heterocycles. The summed E-state index contributed by atoms with van der Waals surface area (Å²) in [4.78, 5) is 10.7. The molecule has 5 aromatic carbocycles. The van der Waals surface area contributed by atoms with Gasteiger partial charge in [-0.15, -0.1) is 0 Å². The van der Waals surface area contributed by atoms with Crippen LogP contribution in [0.5, 0.6) is 0 Å². The average molecular weight is 648 g/mol. The summed E-state index contributed by atoms with van der Waals surface area (Å²) >= 11 is 1.70. The molecule has 48 heavy (non-hydrogen) atoms. The van der Waals surface area contributed by atoms with Crippen LogP contribution in [0.2, 0.25) is 0 Å². The van der Waals surface area contributed by atoms with Gasteiger partial charge in [-0.25, -0.2) is 4.98 Å². The maximum Gasteiger partial charge on any atom is 0.138 e. The smallest absolute Gasteiger partial charge is 0.138 e. The third kappa shape index (κ3) is 5.23. The highest BCUT2D eigenvalue weighted by Crippen LogP contribution is 2.42. The lowest BCUT2D eigenvalue weighted by atomic mass is 9.85. The van der Waals surface area contributed by atoms with Crippen molar-refractivity contribution in [2.45, 2.75) is 49.3 Å². The van der Waals surface area contributed by atoms with Crippen LogP contribution >= 0.6 is 11.8 Å². The number of benzene rings is 5. The number of hydrogen-bond donors (Lipinski definition) is 0. The van der Waals surface area contributed by atoms with Crippen LogP contribution in [-0.4, -0.2) is 23.2 Å². The van der Waals surface area contributed by atoms with Gasteiger partial charge in [-0.05, 0) is 94.8 Å². The van der Waals surface area contributed by atoms with Crippen molar-refractivity contribution in [1.82, 2.24) is 9.55 Å². The van der Waals surface area contributed by atoms with Crippen molar-refractivity contribution in [3.8, 4) is 16.9 Å². The van der Waals surface area contributed by atoms with Gasteiger partial charge in [0.05, 0.1) is 29.1 Å². The molecule has 0 amide bonds. The topological polar surface area (TPSA) is 24.3 Å². The number of pyridine rings is 1. The average Bonchev–Trinajstić information content (AvgIpc) is 3.68. The van der Waals surface area contributed by atoms with E-state index < -0.39 is 6.98 Å². The standard InChI is InChI=1S/C43H40N4S/c1-28(2)34-15-11-16-35(29(3)4)43(34)30-22-23-44-42(24-30)47-38-17-7-6-14-36(38)37-21-20-33(26-41(37)47)48-32-13-10-12-31(25-32)46-27-45(5)39-18-8-9-19-40(39)46/h6-26,28-29H,27H2,1-5H3/i5D3. The first-order valence-corrected chi connectivity index (χ1v) is 17.4. The minimum absolute atomic E-state index is 0.266. The molecule has 0 bridgehead atoms. The van der Waals surface area contributed by atoms with Gasteiger partial charge < -0.3 is 9.80 Å². The van der Waals surface area contributed by atoms with Crippen molar-refractivity contribution in [2.75, 3.05) is 23.4 Å². The van der Waals surface area contributed by atoms with Crippen molar-refractivity contribution in [1.29, 1.82) is 0 Å². The molecule has 0 atom stereocenters. The molecule has 0 aliphatic carbocycles. The highest BCUT2D eigenvalue weighted by atomic mass is 32.2. The third-order valence-electron chi connectivity index (χ3n) is 9.39. The van der Waals surface area contributed by atoms with Crippen molar-refractivity contribution in [3.05, 3.63) is 139 Å². The zero-order valence-electron chi connectivity index (χ0n) is 30.7. The number of nitrogens with zero attached hydrogens (tertiary/aromatic N) is 4. The van der Waals surface area contributed by atoms with Crippen LogP contribution in [0.15, 0.2) is 137 Å². The number of fused-ring (bicyclic) bond motifs is 4. The van der Waals surface area contributed by atoms with E-state index in [1.54, 1.807) is 11.8 Å².